The summed E-state index contributed by atoms with van der Waals surface area (Å²) in [6, 6.07) is 13.0. The Kier molecular flexibility index (Phi) is 6.15. The van der Waals surface area contributed by atoms with Gasteiger partial charge in [-0.3, -0.25) is 9.69 Å². The van der Waals surface area contributed by atoms with E-state index in [0.29, 0.717) is 37.3 Å². The Morgan fingerprint density at radius 1 is 0.938 bits per heavy atom. The molecule has 2 heterocycles. The van der Waals surface area contributed by atoms with Gasteiger partial charge in [0, 0.05) is 39.1 Å². The quantitative estimate of drug-likeness (QED) is 0.653. The van der Waals surface area contributed by atoms with Gasteiger partial charge in [0.1, 0.15) is 0 Å². The monoisotopic (exact) mass is 477 g/mol. The van der Waals surface area contributed by atoms with Gasteiger partial charge in [0.05, 0.1) is 16.3 Å². The second-order valence-electron chi connectivity index (χ2n) is 8.30. The summed E-state index contributed by atoms with van der Waals surface area (Å²) in [5.41, 5.74) is 2.26. The molecule has 2 aliphatic heterocycles. The van der Waals surface area contributed by atoms with Crippen molar-refractivity contribution < 1.29 is 21.6 Å². The van der Waals surface area contributed by atoms with E-state index in [9.17, 15) is 21.6 Å². The van der Waals surface area contributed by atoms with Crippen LogP contribution < -0.4 is 4.31 Å². The van der Waals surface area contributed by atoms with E-state index in [4.69, 9.17) is 0 Å². The SMILES string of the molecule is Cc1cc(N2C(=O)CCS2(=O)=O)cc(C)c1S(=O)(=O)N1CCN(Cc2ccccc2)CC1. The third kappa shape index (κ3) is 4.32. The summed E-state index contributed by atoms with van der Waals surface area (Å²) in [4.78, 5) is 14.5. The third-order valence-electron chi connectivity index (χ3n) is 5.94. The second kappa shape index (κ2) is 8.58. The van der Waals surface area contributed by atoms with Crippen LogP contribution in [-0.2, 0) is 31.4 Å². The molecule has 2 aliphatic rings. The Morgan fingerprint density at radius 3 is 2.06 bits per heavy atom. The van der Waals surface area contributed by atoms with E-state index in [0.717, 1.165) is 10.8 Å². The number of carbonyl (C=O) groups is 1. The molecule has 0 spiro atoms. The zero-order chi connectivity index (χ0) is 23.1. The van der Waals surface area contributed by atoms with Crippen LogP contribution in [0, 0.1) is 13.8 Å². The number of anilines is 1. The predicted molar refractivity (Wildman–Crippen MR) is 122 cm³/mol. The van der Waals surface area contributed by atoms with E-state index in [1.54, 1.807) is 13.8 Å². The van der Waals surface area contributed by atoms with Crippen LogP contribution in [0.4, 0.5) is 5.69 Å². The van der Waals surface area contributed by atoms with Gasteiger partial charge in [0.2, 0.25) is 26.0 Å². The maximum atomic E-state index is 13.4. The number of hydrogen-bond donors (Lipinski definition) is 0. The lowest BCUT2D eigenvalue weighted by Gasteiger charge is -2.34. The van der Waals surface area contributed by atoms with Gasteiger partial charge in [0.25, 0.3) is 0 Å². The number of nitrogens with zero attached hydrogens (tertiary/aromatic N) is 3. The summed E-state index contributed by atoms with van der Waals surface area (Å²) < 4.78 is 53.7. The fraction of sp³-hybridized carbons (Fsp3) is 0.409. The Balaban J connectivity index is 1.54. The maximum Gasteiger partial charge on any atom is 0.243 e. The smallest absolute Gasteiger partial charge is 0.243 e. The van der Waals surface area contributed by atoms with Crippen molar-refractivity contribution in [3.05, 3.63) is 59.2 Å². The van der Waals surface area contributed by atoms with Crippen LogP contribution in [0.25, 0.3) is 0 Å². The molecule has 172 valence electrons. The van der Waals surface area contributed by atoms with E-state index in [1.807, 2.05) is 18.2 Å². The number of benzene rings is 2. The van der Waals surface area contributed by atoms with E-state index >= 15 is 0 Å². The fourth-order valence-electron chi connectivity index (χ4n) is 4.42. The second-order valence-corrected chi connectivity index (χ2v) is 12.1. The normalized spacial score (nSPS) is 20.1. The average Bonchev–Trinajstić information content (AvgIpc) is 3.00. The number of piperazine rings is 1. The summed E-state index contributed by atoms with van der Waals surface area (Å²) in [5, 5.41) is 0. The van der Waals surface area contributed by atoms with E-state index in [2.05, 4.69) is 17.0 Å². The molecule has 4 rings (SSSR count). The molecule has 0 aromatic heterocycles. The summed E-state index contributed by atoms with van der Waals surface area (Å²) in [6.07, 6.45) is -0.0618. The molecule has 2 fully saturated rings. The summed E-state index contributed by atoms with van der Waals surface area (Å²) in [6.45, 7) is 6.09. The van der Waals surface area contributed by atoms with Crippen molar-refractivity contribution in [3.63, 3.8) is 0 Å². The van der Waals surface area contributed by atoms with Crippen LogP contribution in [0.1, 0.15) is 23.1 Å². The van der Waals surface area contributed by atoms with E-state index in [1.165, 1.54) is 22.0 Å². The highest BCUT2D eigenvalue weighted by Crippen LogP contribution is 2.32. The standard InChI is InChI=1S/C22H27N3O5S2/c1-17-14-20(25-21(26)8-13-31(25,27)28)15-18(2)22(17)32(29,30)24-11-9-23(10-12-24)16-19-6-4-3-5-7-19/h3-7,14-15H,8-13,16H2,1-2H3. The molecular formula is C22H27N3O5S2. The largest absolute Gasteiger partial charge is 0.296 e. The number of amides is 1. The molecule has 32 heavy (non-hydrogen) atoms. The molecule has 0 atom stereocenters. The first kappa shape index (κ1) is 22.9. The van der Waals surface area contributed by atoms with Crippen LogP contribution in [0.3, 0.4) is 0 Å². The van der Waals surface area contributed by atoms with Crippen molar-refractivity contribution in [2.75, 3.05) is 36.2 Å². The van der Waals surface area contributed by atoms with Crippen LogP contribution in [0.2, 0.25) is 0 Å². The minimum absolute atomic E-state index is 0.0618. The molecule has 0 unspecified atom stereocenters. The summed E-state index contributed by atoms with van der Waals surface area (Å²) in [5.74, 6) is -0.717. The minimum atomic E-state index is -3.75. The van der Waals surface area contributed by atoms with Gasteiger partial charge in [-0.25, -0.2) is 21.1 Å². The number of aryl methyl sites for hydroxylation is 2. The van der Waals surface area contributed by atoms with Gasteiger partial charge in [0.15, 0.2) is 0 Å². The number of sulfonamides is 2. The molecule has 8 nitrogen and oxygen atoms in total. The van der Waals surface area contributed by atoms with E-state index in [-0.39, 0.29) is 22.8 Å². The zero-order valence-electron chi connectivity index (χ0n) is 18.2. The molecular weight excluding hydrogens is 450 g/mol. The van der Waals surface area contributed by atoms with E-state index < -0.39 is 26.0 Å². The van der Waals surface area contributed by atoms with Gasteiger partial charge in [-0.15, -0.1) is 0 Å². The third-order valence-corrected chi connectivity index (χ3v) is 9.83. The molecule has 0 saturated carbocycles. The van der Waals surface area contributed by atoms with Crippen LogP contribution in [0.5, 0.6) is 0 Å². The number of rotatable bonds is 5. The fourth-order valence-corrected chi connectivity index (χ4v) is 7.70. The van der Waals surface area contributed by atoms with Gasteiger partial charge in [-0.05, 0) is 42.7 Å². The molecule has 2 aromatic carbocycles. The Labute approximate surface area is 189 Å². The molecule has 2 saturated heterocycles. The number of hydrogen-bond acceptors (Lipinski definition) is 6. The van der Waals surface area contributed by atoms with Crippen LogP contribution in [0.15, 0.2) is 47.4 Å². The highest BCUT2D eigenvalue weighted by atomic mass is 32.2. The first-order chi connectivity index (χ1) is 15.1. The van der Waals surface area contributed by atoms with Crippen LogP contribution >= 0.6 is 0 Å². The first-order valence-corrected chi connectivity index (χ1v) is 13.6. The zero-order valence-corrected chi connectivity index (χ0v) is 19.8. The lowest BCUT2D eigenvalue weighted by atomic mass is 10.1. The first-order valence-electron chi connectivity index (χ1n) is 10.5. The average molecular weight is 478 g/mol. The predicted octanol–water partition coefficient (Wildman–Crippen LogP) is 1.88. The Bertz CT molecular complexity index is 1210. The Hall–Kier alpha value is -2.27. The molecule has 1 amide bonds. The van der Waals surface area contributed by atoms with Crippen molar-refractivity contribution in [2.24, 2.45) is 0 Å². The van der Waals surface area contributed by atoms with Gasteiger partial charge in [-0.2, -0.15) is 4.31 Å². The molecule has 0 radical (unpaired) electrons. The molecule has 2 aromatic rings. The topological polar surface area (TPSA) is 95.1 Å². The molecule has 10 heteroatoms. The summed E-state index contributed by atoms with van der Waals surface area (Å²) >= 11 is 0. The van der Waals surface area contributed by atoms with Crippen LogP contribution in [-0.4, -0.2) is 63.9 Å². The van der Waals surface area contributed by atoms with Gasteiger partial charge >= 0.3 is 0 Å². The minimum Gasteiger partial charge on any atom is -0.296 e. The molecule has 0 bridgehead atoms. The van der Waals surface area contributed by atoms with Crippen molar-refractivity contribution >= 4 is 31.6 Å². The molecule has 0 N–H and O–H groups in total. The maximum absolute atomic E-state index is 13.4. The summed E-state index contributed by atoms with van der Waals surface area (Å²) in [7, 11) is -7.45. The number of carbonyl (C=O) groups excluding carboxylic acids is 1. The molecule has 0 aliphatic carbocycles. The van der Waals surface area contributed by atoms with Crippen molar-refractivity contribution in [2.45, 2.75) is 31.7 Å². The van der Waals surface area contributed by atoms with Crippen molar-refractivity contribution in [3.8, 4) is 0 Å². The lowest BCUT2D eigenvalue weighted by Crippen LogP contribution is -2.48. The van der Waals surface area contributed by atoms with Gasteiger partial charge in [-0.1, -0.05) is 30.3 Å². The lowest BCUT2D eigenvalue weighted by molar-refractivity contribution is -0.116. The Morgan fingerprint density at radius 2 is 1.53 bits per heavy atom. The highest BCUT2D eigenvalue weighted by Gasteiger charge is 2.38. The van der Waals surface area contributed by atoms with Crippen molar-refractivity contribution in [1.82, 2.24) is 9.21 Å². The van der Waals surface area contributed by atoms with Crippen molar-refractivity contribution in [1.29, 1.82) is 0 Å². The highest BCUT2D eigenvalue weighted by molar-refractivity contribution is 7.94. The van der Waals surface area contributed by atoms with Gasteiger partial charge < -0.3 is 0 Å².